The molecule has 0 spiro atoms. The van der Waals surface area contributed by atoms with Gasteiger partial charge in [0.2, 0.25) is 0 Å². The van der Waals surface area contributed by atoms with Crippen molar-refractivity contribution in [2.45, 2.75) is 51.3 Å². The molecule has 0 aliphatic carbocycles. The quantitative estimate of drug-likeness (QED) is 0.782. The van der Waals surface area contributed by atoms with Gasteiger partial charge in [-0.25, -0.2) is 4.79 Å². The number of fused-ring (bicyclic) bond motifs is 3. The third-order valence-corrected chi connectivity index (χ3v) is 5.08. The average Bonchev–Trinajstić information content (AvgIpc) is 2.81. The summed E-state index contributed by atoms with van der Waals surface area (Å²) in [6.07, 6.45) is 3.37. The summed E-state index contributed by atoms with van der Waals surface area (Å²) in [5.41, 5.74) is 0.590. The van der Waals surface area contributed by atoms with Gasteiger partial charge in [-0.05, 0) is 37.7 Å². The number of benzene rings is 1. The van der Waals surface area contributed by atoms with Crippen LogP contribution >= 0.6 is 0 Å². The van der Waals surface area contributed by atoms with Gasteiger partial charge in [-0.3, -0.25) is 9.69 Å². The number of esters is 1. The molecule has 3 rings (SSSR count). The fourth-order valence-electron chi connectivity index (χ4n) is 3.93. The van der Waals surface area contributed by atoms with E-state index in [4.69, 9.17) is 9.47 Å². The third-order valence-electron chi connectivity index (χ3n) is 5.08. The normalized spacial score (nSPS) is 27.7. The molecule has 1 fully saturated rings. The largest absolute Gasteiger partial charge is 0.464 e. The number of hydrogen-bond acceptors (Lipinski definition) is 4. The van der Waals surface area contributed by atoms with E-state index in [0.29, 0.717) is 18.6 Å². The predicted octanol–water partition coefficient (Wildman–Crippen LogP) is 3.08. The lowest BCUT2D eigenvalue weighted by molar-refractivity contribution is -0.175. The average molecular weight is 331 g/mol. The number of carbonyl (C=O) groups excluding carboxylic acids is 2. The predicted molar refractivity (Wildman–Crippen MR) is 89.4 cm³/mol. The van der Waals surface area contributed by atoms with Crippen LogP contribution in [0, 0.1) is 5.92 Å². The summed E-state index contributed by atoms with van der Waals surface area (Å²) in [5, 5.41) is 0. The van der Waals surface area contributed by atoms with Crippen LogP contribution in [0.3, 0.4) is 0 Å². The third kappa shape index (κ3) is 2.51. The van der Waals surface area contributed by atoms with Crippen LogP contribution < -0.4 is 0 Å². The topological polar surface area (TPSA) is 55.8 Å². The van der Waals surface area contributed by atoms with Crippen molar-refractivity contribution in [1.29, 1.82) is 0 Å². The number of amides is 1. The Labute approximate surface area is 142 Å². The van der Waals surface area contributed by atoms with Crippen molar-refractivity contribution in [3.05, 3.63) is 35.4 Å². The van der Waals surface area contributed by atoms with E-state index in [0.717, 1.165) is 24.8 Å². The summed E-state index contributed by atoms with van der Waals surface area (Å²) in [7, 11) is 1.62. The Morgan fingerprint density at radius 2 is 1.96 bits per heavy atom. The van der Waals surface area contributed by atoms with Crippen LogP contribution in [-0.4, -0.2) is 36.5 Å². The van der Waals surface area contributed by atoms with Crippen molar-refractivity contribution in [2.24, 2.45) is 5.92 Å². The summed E-state index contributed by atoms with van der Waals surface area (Å²) in [6.45, 7) is 4.29. The van der Waals surface area contributed by atoms with E-state index in [1.165, 1.54) is 0 Å². The first-order valence-electron chi connectivity index (χ1n) is 8.68. The minimum Gasteiger partial charge on any atom is -0.464 e. The Kier molecular flexibility index (Phi) is 4.63. The Balaban J connectivity index is 2.17. The molecule has 2 heterocycles. The molecular weight excluding hydrogens is 306 g/mol. The van der Waals surface area contributed by atoms with E-state index in [1.54, 1.807) is 12.0 Å². The van der Waals surface area contributed by atoms with Crippen LogP contribution in [0.5, 0.6) is 0 Å². The molecule has 5 nitrogen and oxygen atoms in total. The second kappa shape index (κ2) is 6.55. The van der Waals surface area contributed by atoms with Gasteiger partial charge in [0.25, 0.3) is 5.91 Å². The van der Waals surface area contributed by atoms with Crippen molar-refractivity contribution >= 4 is 11.9 Å². The monoisotopic (exact) mass is 331 g/mol. The molecule has 0 radical (unpaired) electrons. The maximum Gasteiger partial charge on any atom is 0.329 e. The van der Waals surface area contributed by atoms with Crippen molar-refractivity contribution in [2.75, 3.05) is 13.7 Å². The van der Waals surface area contributed by atoms with Crippen molar-refractivity contribution in [3.63, 3.8) is 0 Å². The zero-order chi connectivity index (χ0) is 17.3. The fourth-order valence-corrected chi connectivity index (χ4v) is 3.93. The molecular formula is C19H25NO4. The molecule has 5 heteroatoms. The van der Waals surface area contributed by atoms with Crippen LogP contribution in [0.1, 0.15) is 55.5 Å². The number of ether oxygens (including phenoxy) is 2. The summed E-state index contributed by atoms with van der Waals surface area (Å²) in [4.78, 5) is 27.5. The number of rotatable bonds is 2. The molecule has 1 amide bonds. The molecule has 2 aliphatic heterocycles. The first kappa shape index (κ1) is 17.0. The van der Waals surface area contributed by atoms with E-state index in [2.05, 4.69) is 0 Å². The van der Waals surface area contributed by atoms with E-state index in [9.17, 15) is 9.59 Å². The molecule has 0 N–H and O–H groups in total. The zero-order valence-electron chi connectivity index (χ0n) is 14.6. The van der Waals surface area contributed by atoms with Gasteiger partial charge in [0, 0.05) is 18.2 Å². The second-order valence-electron chi connectivity index (χ2n) is 6.88. The van der Waals surface area contributed by atoms with Crippen LogP contribution in [0.15, 0.2) is 24.3 Å². The fraction of sp³-hybridized carbons (Fsp3) is 0.579. The van der Waals surface area contributed by atoms with Gasteiger partial charge in [-0.1, -0.05) is 32.0 Å². The molecule has 24 heavy (non-hydrogen) atoms. The highest BCUT2D eigenvalue weighted by atomic mass is 16.5. The molecule has 1 aromatic carbocycles. The molecule has 0 saturated carbocycles. The highest BCUT2D eigenvalue weighted by molar-refractivity contribution is 6.02. The minimum atomic E-state index is -0.890. The minimum absolute atomic E-state index is 0.0651. The molecule has 0 unspecified atom stereocenters. The number of methoxy groups -OCH3 is 1. The first-order valence-corrected chi connectivity index (χ1v) is 8.68. The highest BCUT2D eigenvalue weighted by Gasteiger charge is 2.55. The lowest BCUT2D eigenvalue weighted by atomic mass is 9.92. The van der Waals surface area contributed by atoms with Crippen molar-refractivity contribution in [1.82, 2.24) is 4.90 Å². The van der Waals surface area contributed by atoms with E-state index >= 15 is 0 Å². The maximum atomic E-state index is 13.2. The Morgan fingerprint density at radius 3 is 2.67 bits per heavy atom. The molecule has 2 atom stereocenters. The van der Waals surface area contributed by atoms with E-state index in [-0.39, 0.29) is 17.8 Å². The summed E-state index contributed by atoms with van der Waals surface area (Å²) in [5.74, 6) is -0.553. The number of nitrogens with zero attached hydrogens (tertiary/aromatic N) is 1. The first-order chi connectivity index (χ1) is 11.5. The van der Waals surface area contributed by atoms with Gasteiger partial charge < -0.3 is 9.47 Å². The van der Waals surface area contributed by atoms with Crippen LogP contribution in [0.4, 0.5) is 0 Å². The van der Waals surface area contributed by atoms with E-state index in [1.807, 2.05) is 38.1 Å². The number of hydrogen-bond donors (Lipinski definition) is 0. The maximum absolute atomic E-state index is 13.2. The smallest absolute Gasteiger partial charge is 0.329 e. The Morgan fingerprint density at radius 1 is 1.21 bits per heavy atom. The highest BCUT2D eigenvalue weighted by Crippen LogP contribution is 2.46. The Hall–Kier alpha value is -1.88. The van der Waals surface area contributed by atoms with Crippen molar-refractivity contribution in [3.8, 4) is 0 Å². The van der Waals surface area contributed by atoms with Crippen LogP contribution in [0.25, 0.3) is 0 Å². The van der Waals surface area contributed by atoms with E-state index < -0.39 is 11.8 Å². The molecule has 1 saturated heterocycles. The zero-order valence-corrected chi connectivity index (χ0v) is 14.6. The van der Waals surface area contributed by atoms with Gasteiger partial charge in [-0.2, -0.15) is 0 Å². The number of cyclic esters (lactones) is 1. The van der Waals surface area contributed by atoms with Crippen molar-refractivity contribution < 1.29 is 19.1 Å². The standard InChI is InChI=1S/C19H25NO4/c1-13(2)16-18(22)24-12-8-4-7-11-19(23-3)15-10-6-5-9-14(15)17(21)20(16)19/h5-6,9-10,13,16H,4,7-8,11-12H2,1-3H3/t16-,19+/m0/s1. The molecule has 0 bridgehead atoms. The lowest BCUT2D eigenvalue weighted by Crippen LogP contribution is -2.56. The Bertz CT molecular complexity index is 642. The van der Waals surface area contributed by atoms with Gasteiger partial charge in [0.1, 0.15) is 6.04 Å². The van der Waals surface area contributed by atoms with Crippen LogP contribution in [0.2, 0.25) is 0 Å². The molecule has 1 aromatic rings. The molecule has 130 valence electrons. The van der Waals surface area contributed by atoms with Gasteiger partial charge >= 0.3 is 5.97 Å². The second-order valence-corrected chi connectivity index (χ2v) is 6.88. The number of carbonyl (C=O) groups is 2. The SMILES string of the molecule is CO[C@@]12CCCCCOC(=O)[C@H](C(C)C)N1C(=O)c1ccccc12. The summed E-state index contributed by atoms with van der Waals surface area (Å²) in [6, 6.07) is 6.86. The summed E-state index contributed by atoms with van der Waals surface area (Å²) >= 11 is 0. The summed E-state index contributed by atoms with van der Waals surface area (Å²) < 4.78 is 11.4. The van der Waals surface area contributed by atoms with Gasteiger partial charge in [-0.15, -0.1) is 0 Å². The van der Waals surface area contributed by atoms with Gasteiger partial charge in [0.05, 0.1) is 6.61 Å². The van der Waals surface area contributed by atoms with Crippen LogP contribution in [-0.2, 0) is 20.0 Å². The molecule has 0 aromatic heterocycles. The van der Waals surface area contributed by atoms with Gasteiger partial charge in [0.15, 0.2) is 5.72 Å². The lowest BCUT2D eigenvalue weighted by Gasteiger charge is -2.43. The molecule has 2 aliphatic rings.